The van der Waals surface area contributed by atoms with E-state index in [-0.39, 0.29) is 8.80 Å². The molecule has 0 spiro atoms. The maximum Gasteiger partial charge on any atom is 0.0841 e. The van der Waals surface area contributed by atoms with Crippen LogP contribution in [0.25, 0.3) is 0 Å². The average Bonchev–Trinajstić information content (AvgIpc) is 1.97. The summed E-state index contributed by atoms with van der Waals surface area (Å²) in [6, 6.07) is 1.27. The molecule has 0 aromatic carbocycles. The smallest absolute Gasteiger partial charge is 0.0841 e. The Morgan fingerprint density at radius 2 is 2.09 bits per heavy atom. The highest BCUT2D eigenvalue weighted by Gasteiger charge is 2.14. The van der Waals surface area contributed by atoms with Gasteiger partial charge in [-0.15, -0.1) is 0 Å². The summed E-state index contributed by atoms with van der Waals surface area (Å²) in [5, 5.41) is 0. The van der Waals surface area contributed by atoms with E-state index in [4.69, 9.17) is 4.74 Å². The summed E-state index contributed by atoms with van der Waals surface area (Å²) in [6.45, 7) is 7.49. The quantitative estimate of drug-likeness (QED) is 0.501. The third kappa shape index (κ3) is 5.76. The standard InChI is InChI=1S/C8H19OSSi/c1-4-9-7-11(6-5-10)8(2)3/h8,10H,4-7H2,1-3H3. The molecule has 1 radical (unpaired) electrons. The number of ether oxygens (including phenoxy) is 1. The van der Waals surface area contributed by atoms with Crippen molar-refractivity contribution in [1.82, 2.24) is 0 Å². The van der Waals surface area contributed by atoms with Gasteiger partial charge in [0.15, 0.2) is 0 Å². The molecule has 0 N–H and O–H groups in total. The lowest BCUT2D eigenvalue weighted by Gasteiger charge is -2.16. The third-order valence-corrected chi connectivity index (χ3v) is 5.49. The molecule has 0 atom stereocenters. The van der Waals surface area contributed by atoms with Gasteiger partial charge < -0.3 is 4.74 Å². The summed E-state index contributed by atoms with van der Waals surface area (Å²) >= 11 is 4.25. The van der Waals surface area contributed by atoms with Gasteiger partial charge in [-0.25, -0.2) is 0 Å². The van der Waals surface area contributed by atoms with Gasteiger partial charge >= 0.3 is 0 Å². The Kier molecular flexibility index (Phi) is 7.54. The van der Waals surface area contributed by atoms with Gasteiger partial charge in [-0.2, -0.15) is 12.6 Å². The highest BCUT2D eigenvalue weighted by Crippen LogP contribution is 2.12. The normalized spacial score (nSPS) is 11.5. The molecule has 0 aliphatic rings. The van der Waals surface area contributed by atoms with Crippen molar-refractivity contribution in [1.29, 1.82) is 0 Å². The first-order valence-corrected chi connectivity index (χ1v) is 6.88. The summed E-state index contributed by atoms with van der Waals surface area (Å²) < 4.78 is 5.42. The van der Waals surface area contributed by atoms with Crippen LogP contribution in [0.5, 0.6) is 0 Å². The lowest BCUT2D eigenvalue weighted by atomic mass is 10.6. The summed E-state index contributed by atoms with van der Waals surface area (Å²) in [7, 11) is -0.274. The van der Waals surface area contributed by atoms with Crippen LogP contribution >= 0.6 is 12.6 Å². The molecule has 0 bridgehead atoms. The maximum absolute atomic E-state index is 5.42. The molecule has 67 valence electrons. The Morgan fingerprint density at radius 3 is 2.45 bits per heavy atom. The number of rotatable bonds is 6. The first-order chi connectivity index (χ1) is 5.22. The SMILES string of the molecule is CCOC[Si](CCS)C(C)C. The summed E-state index contributed by atoms with van der Waals surface area (Å²) in [5.74, 6) is 1.01. The summed E-state index contributed by atoms with van der Waals surface area (Å²) in [5.41, 5.74) is 0.818. The van der Waals surface area contributed by atoms with Crippen molar-refractivity contribution < 1.29 is 4.74 Å². The van der Waals surface area contributed by atoms with Gasteiger partial charge in [-0.05, 0) is 18.7 Å². The summed E-state index contributed by atoms with van der Waals surface area (Å²) in [6.07, 6.45) is 0.999. The van der Waals surface area contributed by atoms with E-state index in [1.807, 2.05) is 0 Å². The lowest BCUT2D eigenvalue weighted by Crippen LogP contribution is -2.24. The molecule has 0 heterocycles. The zero-order valence-electron chi connectivity index (χ0n) is 7.76. The first kappa shape index (κ1) is 11.5. The Hall–Kier alpha value is 0.527. The second-order valence-corrected chi connectivity index (χ2v) is 6.63. The minimum Gasteiger partial charge on any atom is -0.385 e. The zero-order valence-corrected chi connectivity index (χ0v) is 9.66. The van der Waals surface area contributed by atoms with E-state index < -0.39 is 0 Å². The minimum absolute atomic E-state index is 0.274. The number of thiol groups is 1. The van der Waals surface area contributed by atoms with E-state index in [1.54, 1.807) is 0 Å². The summed E-state index contributed by atoms with van der Waals surface area (Å²) in [4.78, 5) is 0. The Bertz CT molecular complexity index is 88.2. The molecule has 0 saturated heterocycles. The fourth-order valence-corrected chi connectivity index (χ4v) is 3.57. The molecule has 3 heteroatoms. The average molecular weight is 191 g/mol. The van der Waals surface area contributed by atoms with Crippen LogP contribution < -0.4 is 0 Å². The minimum atomic E-state index is -0.274. The van der Waals surface area contributed by atoms with Crippen LogP contribution in [0.15, 0.2) is 0 Å². The molecule has 11 heavy (non-hydrogen) atoms. The Labute approximate surface area is 77.5 Å². The van der Waals surface area contributed by atoms with Crippen LogP contribution in [0, 0.1) is 0 Å². The van der Waals surface area contributed by atoms with E-state index in [0.29, 0.717) is 0 Å². The van der Waals surface area contributed by atoms with Crippen LogP contribution in [-0.2, 0) is 4.74 Å². The first-order valence-electron chi connectivity index (χ1n) is 4.25. The van der Waals surface area contributed by atoms with Gasteiger partial charge in [0, 0.05) is 12.8 Å². The van der Waals surface area contributed by atoms with Gasteiger partial charge in [0.25, 0.3) is 0 Å². The van der Waals surface area contributed by atoms with E-state index in [2.05, 4.69) is 33.4 Å². The van der Waals surface area contributed by atoms with Crippen LogP contribution in [0.4, 0.5) is 0 Å². The zero-order chi connectivity index (χ0) is 8.69. The third-order valence-electron chi connectivity index (χ3n) is 1.74. The monoisotopic (exact) mass is 191 g/mol. The molecule has 0 aliphatic heterocycles. The molecule has 0 aromatic heterocycles. The molecule has 0 unspecified atom stereocenters. The van der Waals surface area contributed by atoms with Crippen molar-refractivity contribution in [2.45, 2.75) is 32.4 Å². The molecule has 0 saturated carbocycles. The highest BCUT2D eigenvalue weighted by atomic mass is 32.1. The van der Waals surface area contributed by atoms with Crippen molar-refractivity contribution in [2.24, 2.45) is 0 Å². The maximum atomic E-state index is 5.42. The fraction of sp³-hybridized carbons (Fsp3) is 1.00. The topological polar surface area (TPSA) is 9.23 Å². The second-order valence-electron chi connectivity index (χ2n) is 2.92. The molecule has 0 fully saturated rings. The number of hydrogen-bond donors (Lipinski definition) is 1. The molecule has 0 amide bonds. The van der Waals surface area contributed by atoms with Crippen LogP contribution in [0.2, 0.25) is 11.6 Å². The molecule has 0 aromatic rings. The van der Waals surface area contributed by atoms with Crippen molar-refractivity contribution in [3.8, 4) is 0 Å². The fourth-order valence-electron chi connectivity index (χ4n) is 0.904. The van der Waals surface area contributed by atoms with Crippen molar-refractivity contribution >= 4 is 21.4 Å². The Balaban J connectivity index is 3.51. The second kappa shape index (κ2) is 7.19. The van der Waals surface area contributed by atoms with E-state index in [1.165, 1.54) is 6.04 Å². The number of hydrogen-bond acceptors (Lipinski definition) is 2. The van der Waals surface area contributed by atoms with Gasteiger partial charge in [0.1, 0.15) is 0 Å². The van der Waals surface area contributed by atoms with Crippen molar-refractivity contribution in [3.63, 3.8) is 0 Å². The van der Waals surface area contributed by atoms with Gasteiger partial charge in [-0.1, -0.05) is 19.4 Å². The van der Waals surface area contributed by atoms with E-state index in [9.17, 15) is 0 Å². The van der Waals surface area contributed by atoms with Gasteiger partial charge in [0.05, 0.1) is 8.80 Å². The highest BCUT2D eigenvalue weighted by molar-refractivity contribution is 7.80. The molecular formula is C8H19OSSi. The predicted octanol–water partition coefficient (Wildman–Crippen LogP) is 2.40. The predicted molar refractivity (Wildman–Crippen MR) is 56.0 cm³/mol. The van der Waals surface area contributed by atoms with Crippen LogP contribution in [-0.4, -0.2) is 27.4 Å². The molecule has 0 aliphatic carbocycles. The lowest BCUT2D eigenvalue weighted by molar-refractivity contribution is 0.189. The van der Waals surface area contributed by atoms with E-state index in [0.717, 1.165) is 24.1 Å². The molecule has 0 rings (SSSR count). The van der Waals surface area contributed by atoms with E-state index >= 15 is 0 Å². The molecule has 1 nitrogen and oxygen atoms in total. The van der Waals surface area contributed by atoms with Crippen LogP contribution in [0.3, 0.4) is 0 Å². The van der Waals surface area contributed by atoms with Crippen LogP contribution in [0.1, 0.15) is 20.8 Å². The molecular weight excluding hydrogens is 172 g/mol. The largest absolute Gasteiger partial charge is 0.385 e. The van der Waals surface area contributed by atoms with Gasteiger partial charge in [-0.3, -0.25) is 0 Å². The Morgan fingerprint density at radius 1 is 1.45 bits per heavy atom. The van der Waals surface area contributed by atoms with Gasteiger partial charge in [0.2, 0.25) is 0 Å². The van der Waals surface area contributed by atoms with Crippen molar-refractivity contribution in [3.05, 3.63) is 0 Å². The van der Waals surface area contributed by atoms with Crippen molar-refractivity contribution in [2.75, 3.05) is 18.6 Å².